The van der Waals surface area contributed by atoms with E-state index in [1.807, 2.05) is 18.2 Å². The molecule has 0 saturated carbocycles. The van der Waals surface area contributed by atoms with Gasteiger partial charge in [-0.2, -0.15) is 0 Å². The van der Waals surface area contributed by atoms with Crippen molar-refractivity contribution in [3.8, 4) is 0 Å². The summed E-state index contributed by atoms with van der Waals surface area (Å²) in [5.41, 5.74) is 5.78. The lowest BCUT2D eigenvalue weighted by molar-refractivity contribution is 0.953. The quantitative estimate of drug-likeness (QED) is 0.863. The molecule has 0 aliphatic carbocycles. The van der Waals surface area contributed by atoms with Crippen molar-refractivity contribution in [3.05, 3.63) is 45.7 Å². The molecule has 0 bridgehead atoms. The number of rotatable bonds is 4. The minimum absolute atomic E-state index is 0.229. The molecular formula is C11H11ClN2S2. The molecular weight excluding hydrogens is 260 g/mol. The molecule has 5 heteroatoms. The smallest absolute Gasteiger partial charge is 0.115 e. The molecule has 2 rings (SSSR count). The van der Waals surface area contributed by atoms with Crippen molar-refractivity contribution >= 4 is 34.7 Å². The predicted molar refractivity (Wildman–Crippen MR) is 71.2 cm³/mol. The molecule has 2 heterocycles. The Morgan fingerprint density at radius 3 is 2.94 bits per heavy atom. The third-order valence-corrected chi connectivity index (χ3v) is 4.88. The Bertz CT molecular complexity index is 445. The molecule has 2 N–H and O–H groups in total. The second-order valence-corrected chi connectivity index (χ2v) is 5.73. The van der Waals surface area contributed by atoms with E-state index in [9.17, 15) is 0 Å². The summed E-state index contributed by atoms with van der Waals surface area (Å²) in [4.78, 5) is 5.51. The van der Waals surface area contributed by atoms with Gasteiger partial charge < -0.3 is 5.73 Å². The van der Waals surface area contributed by atoms with Crippen LogP contribution in [-0.4, -0.2) is 11.5 Å². The third-order valence-electron chi connectivity index (χ3n) is 2.05. The monoisotopic (exact) mass is 270 g/mol. The Morgan fingerprint density at radius 1 is 1.44 bits per heavy atom. The second kappa shape index (κ2) is 5.68. The van der Waals surface area contributed by atoms with Crippen LogP contribution in [0.4, 0.5) is 0 Å². The first-order valence-electron chi connectivity index (χ1n) is 4.82. The van der Waals surface area contributed by atoms with Crippen LogP contribution in [0.5, 0.6) is 0 Å². The highest BCUT2D eigenvalue weighted by molar-refractivity contribution is 7.99. The molecule has 0 fully saturated rings. The van der Waals surface area contributed by atoms with E-state index in [2.05, 4.69) is 16.4 Å². The maximum absolute atomic E-state index is 6.07. The van der Waals surface area contributed by atoms with Gasteiger partial charge in [-0.1, -0.05) is 29.4 Å². The fourth-order valence-electron chi connectivity index (χ4n) is 1.29. The van der Waals surface area contributed by atoms with Gasteiger partial charge in [-0.25, -0.2) is 4.98 Å². The lowest BCUT2D eigenvalue weighted by Crippen LogP contribution is -2.08. The maximum Gasteiger partial charge on any atom is 0.115 e. The van der Waals surface area contributed by atoms with Gasteiger partial charge in [0, 0.05) is 17.6 Å². The van der Waals surface area contributed by atoms with Gasteiger partial charge in [-0.3, -0.25) is 0 Å². The van der Waals surface area contributed by atoms with E-state index in [1.54, 1.807) is 29.3 Å². The van der Waals surface area contributed by atoms with Gasteiger partial charge >= 0.3 is 0 Å². The lowest BCUT2D eigenvalue weighted by atomic mass is 10.3. The fourth-order valence-corrected chi connectivity index (χ4v) is 3.44. The average molecular weight is 271 g/mol. The average Bonchev–Trinajstić information content (AvgIpc) is 2.81. The highest BCUT2D eigenvalue weighted by Crippen LogP contribution is 2.38. The molecule has 0 amide bonds. The summed E-state index contributed by atoms with van der Waals surface area (Å²) in [5.74, 6) is 0. The summed E-state index contributed by atoms with van der Waals surface area (Å²) in [5, 5.41) is 3.81. The van der Waals surface area contributed by atoms with Gasteiger partial charge in [0.2, 0.25) is 0 Å². The summed E-state index contributed by atoms with van der Waals surface area (Å²) in [6.45, 7) is 0.581. The van der Waals surface area contributed by atoms with Gasteiger partial charge in [0.1, 0.15) is 5.03 Å². The van der Waals surface area contributed by atoms with Crippen molar-refractivity contribution in [1.82, 2.24) is 4.98 Å². The molecule has 0 aromatic carbocycles. The topological polar surface area (TPSA) is 38.9 Å². The second-order valence-electron chi connectivity index (χ2n) is 3.15. The van der Waals surface area contributed by atoms with Crippen LogP contribution in [0.25, 0.3) is 0 Å². The Hall–Kier alpha value is -0.550. The van der Waals surface area contributed by atoms with Gasteiger partial charge in [-0.05, 0) is 23.6 Å². The normalized spacial score (nSPS) is 12.6. The van der Waals surface area contributed by atoms with E-state index in [0.29, 0.717) is 11.6 Å². The van der Waals surface area contributed by atoms with Crippen LogP contribution in [0, 0.1) is 0 Å². The number of pyridine rings is 1. The van der Waals surface area contributed by atoms with Crippen molar-refractivity contribution in [2.45, 2.75) is 10.3 Å². The van der Waals surface area contributed by atoms with Crippen LogP contribution < -0.4 is 5.73 Å². The molecule has 0 radical (unpaired) electrons. The molecule has 0 aliphatic rings. The van der Waals surface area contributed by atoms with E-state index >= 15 is 0 Å². The summed E-state index contributed by atoms with van der Waals surface area (Å²) in [7, 11) is 0. The minimum Gasteiger partial charge on any atom is -0.329 e. The van der Waals surface area contributed by atoms with E-state index in [-0.39, 0.29) is 5.25 Å². The van der Waals surface area contributed by atoms with Crippen molar-refractivity contribution in [2.75, 3.05) is 6.54 Å². The first-order chi connectivity index (χ1) is 7.81. The third kappa shape index (κ3) is 2.77. The van der Waals surface area contributed by atoms with E-state index in [0.717, 1.165) is 5.03 Å². The molecule has 16 heavy (non-hydrogen) atoms. The van der Waals surface area contributed by atoms with Crippen molar-refractivity contribution in [3.63, 3.8) is 0 Å². The molecule has 0 aliphatic heterocycles. The molecule has 2 aromatic heterocycles. The SMILES string of the molecule is NCC(Sc1ncccc1Cl)c1cccs1. The fraction of sp³-hybridized carbons (Fsp3) is 0.182. The zero-order chi connectivity index (χ0) is 11.4. The summed E-state index contributed by atoms with van der Waals surface area (Å²) >= 11 is 9.39. The van der Waals surface area contributed by atoms with Crippen molar-refractivity contribution < 1.29 is 0 Å². The van der Waals surface area contributed by atoms with Crippen LogP contribution in [0.2, 0.25) is 5.02 Å². The molecule has 84 valence electrons. The standard InChI is InChI=1S/C11H11ClN2S2/c12-8-3-1-5-14-11(8)16-10(7-13)9-4-2-6-15-9/h1-6,10H,7,13H2. The number of nitrogens with zero attached hydrogens (tertiary/aromatic N) is 1. The van der Waals surface area contributed by atoms with Crippen molar-refractivity contribution in [1.29, 1.82) is 0 Å². The number of hydrogen-bond donors (Lipinski definition) is 1. The van der Waals surface area contributed by atoms with Gasteiger partial charge in [0.25, 0.3) is 0 Å². The first-order valence-corrected chi connectivity index (χ1v) is 6.95. The molecule has 0 saturated heterocycles. The number of thiophene rings is 1. The van der Waals surface area contributed by atoms with Gasteiger partial charge in [-0.15, -0.1) is 11.3 Å². The van der Waals surface area contributed by atoms with E-state index < -0.39 is 0 Å². The van der Waals surface area contributed by atoms with Crippen LogP contribution >= 0.6 is 34.7 Å². The Balaban J connectivity index is 2.17. The number of aromatic nitrogens is 1. The maximum atomic E-state index is 6.07. The molecule has 2 aromatic rings. The minimum atomic E-state index is 0.229. The highest BCUT2D eigenvalue weighted by atomic mass is 35.5. The first kappa shape index (κ1) is 11.9. The lowest BCUT2D eigenvalue weighted by Gasteiger charge is -2.12. The molecule has 1 atom stereocenters. The van der Waals surface area contributed by atoms with Gasteiger partial charge in [0.05, 0.1) is 10.3 Å². The summed E-state index contributed by atoms with van der Waals surface area (Å²) < 4.78 is 0. The number of hydrogen-bond acceptors (Lipinski definition) is 4. The number of halogens is 1. The van der Waals surface area contributed by atoms with E-state index in [4.69, 9.17) is 17.3 Å². The predicted octanol–water partition coefficient (Wildman–Crippen LogP) is 3.59. The molecule has 2 nitrogen and oxygen atoms in total. The highest BCUT2D eigenvalue weighted by Gasteiger charge is 2.14. The zero-order valence-electron chi connectivity index (χ0n) is 8.47. The van der Waals surface area contributed by atoms with Crippen LogP contribution in [0.15, 0.2) is 40.9 Å². The van der Waals surface area contributed by atoms with Crippen LogP contribution in [0.3, 0.4) is 0 Å². The number of nitrogens with two attached hydrogens (primary N) is 1. The summed E-state index contributed by atoms with van der Waals surface area (Å²) in [6, 6.07) is 7.79. The molecule has 1 unspecified atom stereocenters. The van der Waals surface area contributed by atoms with Crippen LogP contribution in [0.1, 0.15) is 10.1 Å². The Kier molecular flexibility index (Phi) is 4.23. The van der Waals surface area contributed by atoms with E-state index in [1.165, 1.54) is 4.88 Å². The van der Waals surface area contributed by atoms with Crippen molar-refractivity contribution in [2.24, 2.45) is 5.73 Å². The van der Waals surface area contributed by atoms with Crippen LogP contribution in [-0.2, 0) is 0 Å². The summed E-state index contributed by atoms with van der Waals surface area (Å²) in [6.07, 6.45) is 1.75. The largest absolute Gasteiger partial charge is 0.329 e. The van der Waals surface area contributed by atoms with Gasteiger partial charge in [0.15, 0.2) is 0 Å². The Morgan fingerprint density at radius 2 is 2.31 bits per heavy atom. The number of thioether (sulfide) groups is 1. The zero-order valence-corrected chi connectivity index (χ0v) is 10.9. The Labute approximate surface area is 108 Å². The molecule has 0 spiro atoms.